The van der Waals surface area contributed by atoms with Crippen LogP contribution in [0.4, 0.5) is 4.39 Å². The highest BCUT2D eigenvalue weighted by molar-refractivity contribution is 7.90. The average molecular weight is 192 g/mol. The zero-order chi connectivity index (χ0) is 9.78. The smallest absolute Gasteiger partial charge is 0.282 e. The zero-order valence-electron chi connectivity index (χ0n) is 6.49. The Kier molecular flexibility index (Phi) is 3.85. The van der Waals surface area contributed by atoms with E-state index in [9.17, 15) is 12.8 Å². The monoisotopic (exact) mass is 192 g/mol. The van der Waals surface area contributed by atoms with Crippen LogP contribution in [-0.2, 0) is 10.1 Å². The topological polar surface area (TPSA) is 54.4 Å². The Bertz CT molecular complexity index is 325. The molecule has 5 heteroatoms. The van der Waals surface area contributed by atoms with Crippen LogP contribution in [0.25, 0.3) is 0 Å². The summed E-state index contributed by atoms with van der Waals surface area (Å²) < 4.78 is 41.3. The van der Waals surface area contributed by atoms with Crippen molar-refractivity contribution in [2.24, 2.45) is 0 Å². The fourth-order valence-corrected chi connectivity index (χ4v) is 0.595. The molecular formula is C7H9FO3S. The number of rotatable bonds is 3. The number of hydrogen-bond donors (Lipinski definition) is 1. The molecule has 0 heterocycles. The van der Waals surface area contributed by atoms with Crippen LogP contribution in [0.15, 0.2) is 35.5 Å². The molecule has 0 aromatic rings. The highest BCUT2D eigenvalue weighted by atomic mass is 32.2. The van der Waals surface area contributed by atoms with E-state index >= 15 is 0 Å². The lowest BCUT2D eigenvalue weighted by Crippen LogP contribution is -1.97. The van der Waals surface area contributed by atoms with Crippen LogP contribution in [0.5, 0.6) is 0 Å². The Hall–Kier alpha value is -0.940. The van der Waals surface area contributed by atoms with Crippen LogP contribution >= 0.6 is 0 Å². The van der Waals surface area contributed by atoms with Crippen molar-refractivity contribution in [3.63, 3.8) is 0 Å². The van der Waals surface area contributed by atoms with Crippen molar-refractivity contribution in [1.29, 1.82) is 0 Å². The summed E-state index contributed by atoms with van der Waals surface area (Å²) in [4.78, 5) is -0.542. The Morgan fingerprint density at radius 3 is 2.33 bits per heavy atom. The maximum Gasteiger partial charge on any atom is 0.293 e. The van der Waals surface area contributed by atoms with Gasteiger partial charge in [-0.25, -0.2) is 4.39 Å². The molecule has 0 saturated heterocycles. The summed E-state index contributed by atoms with van der Waals surface area (Å²) in [5, 5.41) is 0. The molecule has 0 saturated carbocycles. The van der Waals surface area contributed by atoms with E-state index in [1.807, 2.05) is 0 Å². The first kappa shape index (κ1) is 11.1. The van der Waals surface area contributed by atoms with Gasteiger partial charge in [0.05, 0.1) is 4.91 Å². The second-order valence-corrected chi connectivity index (χ2v) is 3.42. The lowest BCUT2D eigenvalue weighted by molar-refractivity contribution is 0.492. The van der Waals surface area contributed by atoms with E-state index in [-0.39, 0.29) is 0 Å². The van der Waals surface area contributed by atoms with Crippen LogP contribution < -0.4 is 0 Å². The quantitative estimate of drug-likeness (QED) is 0.548. The van der Waals surface area contributed by atoms with Crippen molar-refractivity contribution in [3.8, 4) is 0 Å². The summed E-state index contributed by atoms with van der Waals surface area (Å²) >= 11 is 0. The van der Waals surface area contributed by atoms with Gasteiger partial charge in [0.1, 0.15) is 5.83 Å². The molecule has 0 aromatic carbocycles. The highest BCUT2D eigenvalue weighted by Gasteiger charge is 2.05. The molecule has 0 aromatic heterocycles. The SMILES string of the molecule is C=C(/C=C\C(F)=C/C)S(=O)(=O)O. The summed E-state index contributed by atoms with van der Waals surface area (Å²) in [6.07, 6.45) is 2.93. The average Bonchev–Trinajstić information content (AvgIpc) is 1.97. The van der Waals surface area contributed by atoms with E-state index in [4.69, 9.17) is 4.55 Å². The molecule has 0 unspecified atom stereocenters. The van der Waals surface area contributed by atoms with Crippen molar-refractivity contribution >= 4 is 10.1 Å². The molecule has 0 rings (SSSR count). The number of hydrogen-bond acceptors (Lipinski definition) is 2. The second kappa shape index (κ2) is 4.18. The van der Waals surface area contributed by atoms with Gasteiger partial charge in [-0.2, -0.15) is 8.42 Å². The van der Waals surface area contributed by atoms with Gasteiger partial charge < -0.3 is 0 Å². The Morgan fingerprint density at radius 2 is 2.00 bits per heavy atom. The second-order valence-electron chi connectivity index (χ2n) is 1.95. The Labute approximate surface area is 70.7 Å². The van der Waals surface area contributed by atoms with E-state index in [1.54, 1.807) is 0 Å². The molecule has 0 amide bonds. The molecule has 0 fully saturated rings. The molecule has 0 aliphatic rings. The third-order valence-corrected chi connectivity index (χ3v) is 1.83. The van der Waals surface area contributed by atoms with Gasteiger partial charge in [0.25, 0.3) is 10.1 Å². The summed E-state index contributed by atoms with van der Waals surface area (Å²) in [6.45, 7) is 4.47. The van der Waals surface area contributed by atoms with E-state index in [2.05, 4.69) is 6.58 Å². The van der Waals surface area contributed by atoms with Crippen molar-refractivity contribution < 1.29 is 17.4 Å². The first-order valence-corrected chi connectivity index (χ1v) is 4.48. The van der Waals surface area contributed by atoms with Crippen LogP contribution in [0, 0.1) is 0 Å². The maximum absolute atomic E-state index is 12.3. The minimum Gasteiger partial charge on any atom is -0.282 e. The maximum atomic E-state index is 12.3. The van der Waals surface area contributed by atoms with Crippen LogP contribution in [0.1, 0.15) is 6.92 Å². The largest absolute Gasteiger partial charge is 0.293 e. The molecule has 0 aliphatic heterocycles. The predicted octanol–water partition coefficient (Wildman–Crippen LogP) is 1.82. The lowest BCUT2D eigenvalue weighted by atomic mass is 10.4. The van der Waals surface area contributed by atoms with Gasteiger partial charge in [-0.15, -0.1) is 0 Å². The van der Waals surface area contributed by atoms with Crippen molar-refractivity contribution in [3.05, 3.63) is 35.5 Å². The standard InChI is InChI=1S/C7H9FO3S/c1-3-7(8)5-4-6(2)12(9,10)11/h3-5H,2H2,1H3,(H,9,10,11)/b5-4-,7-3+. The third kappa shape index (κ3) is 4.05. The molecule has 0 spiro atoms. The third-order valence-electron chi connectivity index (χ3n) is 1.04. The molecule has 68 valence electrons. The first-order valence-electron chi connectivity index (χ1n) is 3.04. The highest BCUT2D eigenvalue weighted by Crippen LogP contribution is 2.05. The molecule has 0 radical (unpaired) electrons. The molecule has 0 bridgehead atoms. The van der Waals surface area contributed by atoms with E-state index < -0.39 is 20.9 Å². The first-order chi connectivity index (χ1) is 5.38. The van der Waals surface area contributed by atoms with Crippen LogP contribution in [0.3, 0.4) is 0 Å². The lowest BCUT2D eigenvalue weighted by Gasteiger charge is -1.91. The van der Waals surface area contributed by atoms with Gasteiger partial charge in [-0.1, -0.05) is 12.7 Å². The van der Waals surface area contributed by atoms with Gasteiger partial charge in [0, 0.05) is 0 Å². The van der Waals surface area contributed by atoms with Crippen molar-refractivity contribution in [2.75, 3.05) is 0 Å². The zero-order valence-corrected chi connectivity index (χ0v) is 7.31. The summed E-state index contributed by atoms with van der Waals surface area (Å²) in [6, 6.07) is 0. The Balaban J connectivity index is 4.51. The fourth-order valence-electron chi connectivity index (χ4n) is 0.355. The van der Waals surface area contributed by atoms with E-state index in [0.29, 0.717) is 0 Å². The van der Waals surface area contributed by atoms with Gasteiger partial charge in [-0.05, 0) is 19.1 Å². The molecule has 3 nitrogen and oxygen atoms in total. The van der Waals surface area contributed by atoms with Gasteiger partial charge in [0.15, 0.2) is 0 Å². The molecular weight excluding hydrogens is 183 g/mol. The van der Waals surface area contributed by atoms with Gasteiger partial charge >= 0.3 is 0 Å². The number of allylic oxidation sites excluding steroid dienone is 4. The predicted molar refractivity (Wildman–Crippen MR) is 44.7 cm³/mol. The van der Waals surface area contributed by atoms with Crippen LogP contribution in [0.2, 0.25) is 0 Å². The Morgan fingerprint density at radius 1 is 1.50 bits per heavy atom. The van der Waals surface area contributed by atoms with Gasteiger partial charge in [-0.3, -0.25) is 4.55 Å². The molecule has 1 N–H and O–H groups in total. The molecule has 0 atom stereocenters. The number of halogens is 1. The summed E-state index contributed by atoms with van der Waals surface area (Å²) in [7, 11) is -4.28. The van der Waals surface area contributed by atoms with Crippen molar-refractivity contribution in [1.82, 2.24) is 0 Å². The van der Waals surface area contributed by atoms with E-state index in [1.165, 1.54) is 6.92 Å². The molecule has 0 aliphatic carbocycles. The fraction of sp³-hybridized carbons (Fsp3) is 0.143. The van der Waals surface area contributed by atoms with Gasteiger partial charge in [0.2, 0.25) is 0 Å². The minimum absolute atomic E-state index is 0.542. The van der Waals surface area contributed by atoms with Crippen LogP contribution in [-0.4, -0.2) is 13.0 Å². The summed E-state index contributed by atoms with van der Waals surface area (Å²) in [5.41, 5.74) is 0. The normalized spacial score (nSPS) is 13.8. The molecule has 12 heavy (non-hydrogen) atoms. The van der Waals surface area contributed by atoms with Crippen molar-refractivity contribution in [2.45, 2.75) is 6.92 Å². The minimum atomic E-state index is -4.28. The van der Waals surface area contributed by atoms with E-state index in [0.717, 1.165) is 18.2 Å². The summed E-state index contributed by atoms with van der Waals surface area (Å²) in [5.74, 6) is -0.597.